The molecule has 2 rings (SSSR count). The summed E-state index contributed by atoms with van der Waals surface area (Å²) in [5, 5.41) is 6.54. The smallest absolute Gasteiger partial charge is 0.239 e. The summed E-state index contributed by atoms with van der Waals surface area (Å²) in [5.41, 5.74) is 1.11. The number of nitrogens with zero attached hydrogens (tertiary/aromatic N) is 4. The van der Waals surface area contributed by atoms with Gasteiger partial charge < -0.3 is 5.32 Å². The number of sulfonamides is 1. The highest BCUT2D eigenvalue weighted by molar-refractivity contribution is 7.88. The minimum atomic E-state index is -3.38. The van der Waals surface area contributed by atoms with Gasteiger partial charge in [0.05, 0.1) is 37.1 Å². The number of carbonyl (C=O) groups is 1. The Labute approximate surface area is 110 Å². The maximum atomic E-state index is 11.7. The van der Waals surface area contributed by atoms with E-state index in [2.05, 4.69) is 15.4 Å². The molecule has 2 heterocycles. The van der Waals surface area contributed by atoms with E-state index >= 15 is 0 Å². The number of fused-ring (bicyclic) bond motifs is 1. The number of hydrogen-bond acceptors (Lipinski definition) is 5. The van der Waals surface area contributed by atoms with Crippen molar-refractivity contribution in [3.63, 3.8) is 0 Å². The number of carbonyl (C=O) groups excluding carboxylic acids is 1. The average molecular weight is 283 g/mol. The normalized spacial score (nSPS) is 11.9. The standard InChI is InChI=1S/C10H13N5O3S/c1-14(19(2,17)18)7-10(16)13-8-5-11-9-3-4-12-15(9)6-8/h3-6H,7H2,1-2H3,(H,13,16). The zero-order valence-electron chi connectivity index (χ0n) is 10.4. The largest absolute Gasteiger partial charge is 0.322 e. The van der Waals surface area contributed by atoms with Gasteiger partial charge >= 0.3 is 0 Å². The molecular formula is C10H13N5O3S. The molecule has 9 heteroatoms. The summed E-state index contributed by atoms with van der Waals surface area (Å²) in [5.74, 6) is -0.443. The fraction of sp³-hybridized carbons (Fsp3) is 0.300. The molecule has 0 spiro atoms. The van der Waals surface area contributed by atoms with E-state index in [0.717, 1.165) is 10.6 Å². The van der Waals surface area contributed by atoms with Crippen LogP contribution in [0.15, 0.2) is 24.7 Å². The third kappa shape index (κ3) is 3.26. The van der Waals surface area contributed by atoms with E-state index in [4.69, 9.17) is 0 Å². The van der Waals surface area contributed by atoms with Crippen LogP contribution in [-0.4, -0.2) is 53.1 Å². The molecule has 1 N–H and O–H groups in total. The van der Waals surface area contributed by atoms with Crippen LogP contribution in [-0.2, 0) is 14.8 Å². The topological polar surface area (TPSA) is 96.7 Å². The first kappa shape index (κ1) is 13.4. The molecule has 102 valence electrons. The maximum Gasteiger partial charge on any atom is 0.239 e. The number of rotatable bonds is 4. The van der Waals surface area contributed by atoms with Crippen molar-refractivity contribution in [1.29, 1.82) is 0 Å². The molecule has 0 aliphatic rings. The molecule has 0 aliphatic heterocycles. The Morgan fingerprint density at radius 1 is 1.53 bits per heavy atom. The first-order valence-corrected chi connectivity index (χ1v) is 7.21. The minimum absolute atomic E-state index is 0.254. The predicted octanol–water partition coefficient (Wildman–Crippen LogP) is -0.441. The molecule has 0 fully saturated rings. The first-order valence-electron chi connectivity index (χ1n) is 5.37. The molecule has 2 aromatic heterocycles. The second-order valence-corrected chi connectivity index (χ2v) is 6.13. The summed E-state index contributed by atoms with van der Waals surface area (Å²) in [6.45, 7) is -0.254. The fourth-order valence-electron chi connectivity index (χ4n) is 1.39. The average Bonchev–Trinajstić information content (AvgIpc) is 2.74. The van der Waals surface area contributed by atoms with Crippen LogP contribution in [0.4, 0.5) is 5.69 Å². The molecule has 0 unspecified atom stereocenters. The zero-order valence-corrected chi connectivity index (χ0v) is 11.3. The Morgan fingerprint density at radius 2 is 2.26 bits per heavy atom. The molecular weight excluding hydrogens is 270 g/mol. The third-order valence-electron chi connectivity index (χ3n) is 2.46. The van der Waals surface area contributed by atoms with Gasteiger partial charge in [0.25, 0.3) is 0 Å². The SMILES string of the molecule is CN(CC(=O)Nc1cnc2ccnn2c1)S(C)(=O)=O. The van der Waals surface area contributed by atoms with Gasteiger partial charge in [0.2, 0.25) is 15.9 Å². The molecule has 19 heavy (non-hydrogen) atoms. The molecule has 0 radical (unpaired) electrons. The molecule has 0 saturated heterocycles. The van der Waals surface area contributed by atoms with E-state index in [9.17, 15) is 13.2 Å². The molecule has 0 saturated carbocycles. The summed E-state index contributed by atoms with van der Waals surface area (Å²) in [6, 6.07) is 1.73. The van der Waals surface area contributed by atoms with Crippen molar-refractivity contribution in [3.8, 4) is 0 Å². The van der Waals surface area contributed by atoms with E-state index in [1.165, 1.54) is 17.8 Å². The van der Waals surface area contributed by atoms with Gasteiger partial charge in [-0.15, -0.1) is 0 Å². The van der Waals surface area contributed by atoms with E-state index in [0.29, 0.717) is 11.3 Å². The van der Waals surface area contributed by atoms with Gasteiger partial charge in [0.15, 0.2) is 5.65 Å². The lowest BCUT2D eigenvalue weighted by molar-refractivity contribution is -0.116. The van der Waals surface area contributed by atoms with Crippen LogP contribution >= 0.6 is 0 Å². The number of amides is 1. The molecule has 0 aliphatic carbocycles. The van der Waals surface area contributed by atoms with Crippen LogP contribution in [0.3, 0.4) is 0 Å². The number of aromatic nitrogens is 3. The number of hydrogen-bond donors (Lipinski definition) is 1. The van der Waals surface area contributed by atoms with Crippen molar-refractivity contribution in [1.82, 2.24) is 18.9 Å². The van der Waals surface area contributed by atoms with Gasteiger partial charge in [-0.3, -0.25) is 4.79 Å². The van der Waals surface area contributed by atoms with Gasteiger partial charge in [-0.05, 0) is 0 Å². The summed E-state index contributed by atoms with van der Waals surface area (Å²) in [7, 11) is -2.04. The van der Waals surface area contributed by atoms with Crippen LogP contribution in [0.2, 0.25) is 0 Å². The van der Waals surface area contributed by atoms with E-state index in [1.54, 1.807) is 18.5 Å². The van der Waals surface area contributed by atoms with Crippen molar-refractivity contribution in [3.05, 3.63) is 24.7 Å². The lowest BCUT2D eigenvalue weighted by Gasteiger charge is -2.13. The summed E-state index contributed by atoms with van der Waals surface area (Å²) >= 11 is 0. The molecule has 8 nitrogen and oxygen atoms in total. The van der Waals surface area contributed by atoms with Crippen LogP contribution in [0, 0.1) is 0 Å². The van der Waals surface area contributed by atoms with Crippen LogP contribution in [0.5, 0.6) is 0 Å². The van der Waals surface area contributed by atoms with Gasteiger partial charge in [-0.1, -0.05) is 0 Å². The van der Waals surface area contributed by atoms with E-state index in [1.807, 2.05) is 0 Å². The minimum Gasteiger partial charge on any atom is -0.322 e. The van der Waals surface area contributed by atoms with Gasteiger partial charge in [0.1, 0.15) is 0 Å². The quantitative estimate of drug-likeness (QED) is 0.820. The maximum absolute atomic E-state index is 11.7. The van der Waals surface area contributed by atoms with Crippen molar-refractivity contribution in [2.75, 3.05) is 25.2 Å². The monoisotopic (exact) mass is 283 g/mol. The zero-order chi connectivity index (χ0) is 14.0. The lowest BCUT2D eigenvalue weighted by Crippen LogP contribution is -2.34. The fourth-order valence-corrected chi connectivity index (χ4v) is 1.75. The molecule has 2 aromatic rings. The summed E-state index contributed by atoms with van der Waals surface area (Å²) in [6.07, 6.45) is 5.71. The number of anilines is 1. The van der Waals surface area contributed by atoms with Gasteiger partial charge in [0, 0.05) is 13.1 Å². The molecule has 0 bridgehead atoms. The second-order valence-electron chi connectivity index (χ2n) is 4.04. The van der Waals surface area contributed by atoms with E-state index < -0.39 is 15.9 Å². The van der Waals surface area contributed by atoms with Gasteiger partial charge in [-0.2, -0.15) is 9.40 Å². The van der Waals surface area contributed by atoms with Crippen LogP contribution in [0.1, 0.15) is 0 Å². The Bertz CT molecular complexity index is 709. The van der Waals surface area contributed by atoms with Crippen molar-refractivity contribution < 1.29 is 13.2 Å². The van der Waals surface area contributed by atoms with E-state index in [-0.39, 0.29) is 6.54 Å². The third-order valence-corrected chi connectivity index (χ3v) is 3.72. The van der Waals surface area contributed by atoms with Crippen LogP contribution in [0.25, 0.3) is 5.65 Å². The Kier molecular flexibility index (Phi) is 3.49. The first-order chi connectivity index (χ1) is 8.86. The molecule has 0 atom stereocenters. The summed E-state index contributed by atoms with van der Waals surface area (Å²) in [4.78, 5) is 15.7. The Morgan fingerprint density at radius 3 is 2.95 bits per heavy atom. The number of nitrogens with one attached hydrogen (secondary N) is 1. The predicted molar refractivity (Wildman–Crippen MR) is 69.1 cm³/mol. The highest BCUT2D eigenvalue weighted by atomic mass is 32.2. The highest BCUT2D eigenvalue weighted by Gasteiger charge is 2.15. The van der Waals surface area contributed by atoms with Crippen molar-refractivity contribution >= 4 is 27.3 Å². The second kappa shape index (κ2) is 4.94. The molecule has 1 amide bonds. The Hall–Kier alpha value is -2.00. The molecule has 0 aromatic carbocycles. The highest BCUT2D eigenvalue weighted by Crippen LogP contribution is 2.07. The van der Waals surface area contributed by atoms with Crippen LogP contribution < -0.4 is 5.32 Å². The Balaban J connectivity index is 2.06. The van der Waals surface area contributed by atoms with Crippen molar-refractivity contribution in [2.24, 2.45) is 0 Å². The van der Waals surface area contributed by atoms with Crippen molar-refractivity contribution in [2.45, 2.75) is 0 Å². The van der Waals surface area contributed by atoms with Gasteiger partial charge in [-0.25, -0.2) is 17.9 Å². The summed E-state index contributed by atoms with van der Waals surface area (Å²) < 4.78 is 24.8. The number of likely N-dealkylation sites (N-methyl/N-ethyl adjacent to an activating group) is 1. The lowest BCUT2D eigenvalue weighted by atomic mass is 10.5.